The number of nitrogens with one attached hydrogen (secondary N) is 1. The molecule has 1 amide bonds. The minimum Gasteiger partial charge on any atom is -0.355 e. The lowest BCUT2D eigenvalue weighted by Crippen LogP contribution is -2.26. The van der Waals surface area contributed by atoms with Crippen molar-refractivity contribution in [2.75, 3.05) is 12.8 Å². The Morgan fingerprint density at radius 3 is 2.53 bits per heavy atom. The third-order valence-electron chi connectivity index (χ3n) is 1.99. The number of alkyl halides is 1. The number of amides is 1. The molecule has 4 heteroatoms. The van der Waals surface area contributed by atoms with Crippen molar-refractivity contribution in [3.05, 3.63) is 29.8 Å². The van der Waals surface area contributed by atoms with E-state index in [1.54, 1.807) is 11.8 Å². The molecule has 0 aromatic heterocycles. The van der Waals surface area contributed by atoms with Gasteiger partial charge in [0, 0.05) is 11.4 Å². The maximum absolute atomic E-state index is 11.4. The number of carbonyl (C=O) groups is 1. The van der Waals surface area contributed by atoms with E-state index in [1.807, 2.05) is 37.4 Å². The molecule has 0 bridgehead atoms. The van der Waals surface area contributed by atoms with Crippen LogP contribution < -0.4 is 5.32 Å². The molecule has 0 fully saturated rings. The van der Waals surface area contributed by atoms with Crippen molar-refractivity contribution >= 4 is 29.3 Å². The zero-order chi connectivity index (χ0) is 11.3. The molecule has 15 heavy (non-hydrogen) atoms. The molecule has 1 rings (SSSR count). The van der Waals surface area contributed by atoms with Gasteiger partial charge in [-0.15, -0.1) is 23.4 Å². The average molecular weight is 244 g/mol. The summed E-state index contributed by atoms with van der Waals surface area (Å²) < 4.78 is 0. The van der Waals surface area contributed by atoms with E-state index < -0.39 is 5.38 Å². The maximum atomic E-state index is 11.4. The fourth-order valence-electron chi connectivity index (χ4n) is 1.19. The summed E-state index contributed by atoms with van der Waals surface area (Å²) in [6.07, 6.45) is 2.01. The fraction of sp³-hybridized carbons (Fsp3) is 0.364. The Bertz CT molecular complexity index is 326. The van der Waals surface area contributed by atoms with E-state index in [1.165, 1.54) is 4.90 Å². The van der Waals surface area contributed by atoms with Gasteiger partial charge in [0.15, 0.2) is 0 Å². The number of hydrogen-bond acceptors (Lipinski definition) is 2. The van der Waals surface area contributed by atoms with Crippen LogP contribution in [0.15, 0.2) is 29.2 Å². The van der Waals surface area contributed by atoms with Crippen LogP contribution >= 0.6 is 23.4 Å². The predicted octanol–water partition coefficient (Wildman–Crippen LogP) is 2.82. The Kier molecular flexibility index (Phi) is 4.99. The highest BCUT2D eigenvalue weighted by Crippen LogP contribution is 2.23. The molecule has 1 aromatic carbocycles. The Morgan fingerprint density at radius 1 is 1.47 bits per heavy atom. The quantitative estimate of drug-likeness (QED) is 0.651. The van der Waals surface area contributed by atoms with Gasteiger partial charge >= 0.3 is 0 Å². The molecule has 0 saturated heterocycles. The molecule has 0 aliphatic carbocycles. The lowest BCUT2D eigenvalue weighted by Gasteiger charge is -2.09. The van der Waals surface area contributed by atoms with Gasteiger partial charge < -0.3 is 5.32 Å². The van der Waals surface area contributed by atoms with Crippen molar-refractivity contribution in [2.45, 2.75) is 17.2 Å². The van der Waals surface area contributed by atoms with E-state index in [4.69, 9.17) is 11.6 Å². The van der Waals surface area contributed by atoms with Crippen LogP contribution in [0, 0.1) is 0 Å². The monoisotopic (exact) mass is 243 g/mol. The number of rotatable bonds is 4. The first-order valence-corrected chi connectivity index (χ1v) is 6.41. The van der Waals surface area contributed by atoms with Gasteiger partial charge in [-0.1, -0.05) is 12.1 Å². The number of benzene rings is 1. The van der Waals surface area contributed by atoms with Crippen LogP contribution in [0.4, 0.5) is 0 Å². The molecule has 0 radical (unpaired) electrons. The molecule has 2 nitrogen and oxygen atoms in total. The number of likely N-dealkylation sites (N-methyl/N-ethyl adjacent to an activating group) is 1. The minimum atomic E-state index is -0.596. The molecular formula is C11H14ClNOS. The predicted molar refractivity (Wildman–Crippen MR) is 65.5 cm³/mol. The van der Waals surface area contributed by atoms with Gasteiger partial charge in [-0.05, 0) is 30.9 Å². The first kappa shape index (κ1) is 12.4. The standard InChI is InChI=1S/C11H14ClNOS/c1-3-13-11(14)10(12)8-4-6-9(15-2)7-5-8/h4-7,10H,3H2,1-2H3,(H,13,14). The molecule has 1 N–H and O–H groups in total. The summed E-state index contributed by atoms with van der Waals surface area (Å²) in [4.78, 5) is 12.6. The Hall–Kier alpha value is -0.670. The Labute approximate surface area is 99.4 Å². The smallest absolute Gasteiger partial charge is 0.242 e. The second-order valence-electron chi connectivity index (χ2n) is 3.03. The number of halogens is 1. The second kappa shape index (κ2) is 6.03. The topological polar surface area (TPSA) is 29.1 Å². The van der Waals surface area contributed by atoms with E-state index in [-0.39, 0.29) is 5.91 Å². The van der Waals surface area contributed by atoms with Gasteiger partial charge in [-0.3, -0.25) is 4.79 Å². The van der Waals surface area contributed by atoms with Crippen molar-refractivity contribution in [1.29, 1.82) is 0 Å². The van der Waals surface area contributed by atoms with E-state index in [0.29, 0.717) is 6.54 Å². The SMILES string of the molecule is CCNC(=O)C(Cl)c1ccc(SC)cc1. The molecule has 82 valence electrons. The summed E-state index contributed by atoms with van der Waals surface area (Å²) in [5.74, 6) is -0.143. The summed E-state index contributed by atoms with van der Waals surface area (Å²) in [5.41, 5.74) is 0.834. The van der Waals surface area contributed by atoms with Crippen molar-refractivity contribution in [3.8, 4) is 0 Å². The van der Waals surface area contributed by atoms with Crippen LogP contribution in [0.1, 0.15) is 17.9 Å². The molecule has 1 unspecified atom stereocenters. The highest BCUT2D eigenvalue weighted by Gasteiger charge is 2.16. The fourth-order valence-corrected chi connectivity index (χ4v) is 1.82. The average Bonchev–Trinajstić information content (AvgIpc) is 2.28. The summed E-state index contributed by atoms with van der Waals surface area (Å²) in [5, 5.41) is 2.10. The van der Waals surface area contributed by atoms with Crippen LogP contribution in [0.5, 0.6) is 0 Å². The van der Waals surface area contributed by atoms with Gasteiger partial charge in [0.1, 0.15) is 5.38 Å². The first-order chi connectivity index (χ1) is 7.19. The van der Waals surface area contributed by atoms with Crippen molar-refractivity contribution in [2.24, 2.45) is 0 Å². The highest BCUT2D eigenvalue weighted by atomic mass is 35.5. The third kappa shape index (κ3) is 3.43. The summed E-state index contributed by atoms with van der Waals surface area (Å²) in [7, 11) is 0. The van der Waals surface area contributed by atoms with Crippen LogP contribution in [0.25, 0.3) is 0 Å². The van der Waals surface area contributed by atoms with Gasteiger partial charge in [-0.2, -0.15) is 0 Å². The van der Waals surface area contributed by atoms with Crippen LogP contribution in [0.2, 0.25) is 0 Å². The third-order valence-corrected chi connectivity index (χ3v) is 3.18. The second-order valence-corrected chi connectivity index (χ2v) is 4.35. The zero-order valence-electron chi connectivity index (χ0n) is 8.79. The van der Waals surface area contributed by atoms with Crippen LogP contribution in [-0.4, -0.2) is 18.7 Å². The van der Waals surface area contributed by atoms with Crippen LogP contribution in [0.3, 0.4) is 0 Å². The van der Waals surface area contributed by atoms with Crippen LogP contribution in [-0.2, 0) is 4.79 Å². The highest BCUT2D eigenvalue weighted by molar-refractivity contribution is 7.98. The van der Waals surface area contributed by atoms with E-state index >= 15 is 0 Å². The number of hydrogen-bond donors (Lipinski definition) is 1. The molecule has 1 aromatic rings. The number of carbonyl (C=O) groups excluding carboxylic acids is 1. The maximum Gasteiger partial charge on any atom is 0.242 e. The van der Waals surface area contributed by atoms with Gasteiger partial charge in [-0.25, -0.2) is 0 Å². The lowest BCUT2D eigenvalue weighted by atomic mass is 10.1. The van der Waals surface area contributed by atoms with E-state index in [0.717, 1.165) is 5.56 Å². The van der Waals surface area contributed by atoms with Gasteiger partial charge in [0.25, 0.3) is 0 Å². The van der Waals surface area contributed by atoms with Gasteiger partial charge in [0.05, 0.1) is 0 Å². The first-order valence-electron chi connectivity index (χ1n) is 4.74. The molecule has 1 atom stereocenters. The Balaban J connectivity index is 2.73. The molecule has 0 spiro atoms. The Morgan fingerprint density at radius 2 is 2.07 bits per heavy atom. The minimum absolute atomic E-state index is 0.143. The molecule has 0 aliphatic heterocycles. The summed E-state index contributed by atoms with van der Waals surface area (Å²) >= 11 is 7.68. The van der Waals surface area contributed by atoms with Crippen molar-refractivity contribution < 1.29 is 4.79 Å². The zero-order valence-corrected chi connectivity index (χ0v) is 10.4. The van der Waals surface area contributed by atoms with Crippen molar-refractivity contribution in [3.63, 3.8) is 0 Å². The number of thioether (sulfide) groups is 1. The van der Waals surface area contributed by atoms with E-state index in [2.05, 4.69) is 5.32 Å². The molecule has 0 aliphatic rings. The molecule has 0 saturated carbocycles. The summed E-state index contributed by atoms with van der Waals surface area (Å²) in [6.45, 7) is 2.48. The lowest BCUT2D eigenvalue weighted by molar-refractivity contribution is -0.120. The summed E-state index contributed by atoms with van der Waals surface area (Å²) in [6, 6.07) is 7.71. The van der Waals surface area contributed by atoms with Gasteiger partial charge in [0.2, 0.25) is 5.91 Å². The molecular weight excluding hydrogens is 230 g/mol. The van der Waals surface area contributed by atoms with E-state index in [9.17, 15) is 4.79 Å². The molecule has 0 heterocycles. The largest absolute Gasteiger partial charge is 0.355 e. The van der Waals surface area contributed by atoms with Crippen molar-refractivity contribution in [1.82, 2.24) is 5.32 Å². The normalized spacial score (nSPS) is 12.2.